The summed E-state index contributed by atoms with van der Waals surface area (Å²) in [5.41, 5.74) is 0.821. The molecule has 0 N–H and O–H groups in total. The molecule has 0 saturated heterocycles. The quantitative estimate of drug-likeness (QED) is 0.649. The Balaban J connectivity index is 1.95. The molecule has 0 spiro atoms. The van der Waals surface area contributed by atoms with Crippen molar-refractivity contribution in [2.24, 2.45) is 0 Å². The molecule has 0 radical (unpaired) electrons. The predicted octanol–water partition coefficient (Wildman–Crippen LogP) is 3.62. The molecule has 0 fully saturated rings. The molecule has 78 valence electrons. The molecular formula is C13H9NO2. The summed E-state index contributed by atoms with van der Waals surface area (Å²) in [7, 11) is 0. The molecule has 3 nitrogen and oxygen atoms in total. The van der Waals surface area contributed by atoms with Crippen LogP contribution in [0.15, 0.2) is 59.3 Å². The zero-order chi connectivity index (χ0) is 10.8. The number of hydrogen-bond acceptors (Lipinski definition) is 3. The van der Waals surface area contributed by atoms with E-state index in [9.17, 15) is 0 Å². The van der Waals surface area contributed by atoms with Crippen LogP contribution in [0.3, 0.4) is 0 Å². The Morgan fingerprint density at radius 2 is 2.00 bits per heavy atom. The van der Waals surface area contributed by atoms with Crippen molar-refractivity contribution in [1.82, 2.24) is 4.98 Å². The molecule has 0 bridgehead atoms. The summed E-state index contributed by atoms with van der Waals surface area (Å²) in [5.74, 6) is 1.15. The third-order valence-corrected chi connectivity index (χ3v) is 2.26. The van der Waals surface area contributed by atoms with Crippen LogP contribution in [-0.2, 0) is 0 Å². The van der Waals surface area contributed by atoms with Crippen LogP contribution in [0, 0.1) is 0 Å². The number of ether oxygens (including phenoxy) is 1. The topological polar surface area (TPSA) is 35.3 Å². The van der Waals surface area contributed by atoms with Crippen LogP contribution in [0.4, 0.5) is 0 Å². The molecule has 0 aliphatic heterocycles. The van der Waals surface area contributed by atoms with Crippen molar-refractivity contribution in [2.75, 3.05) is 0 Å². The maximum Gasteiger partial charge on any atom is 0.291 e. The van der Waals surface area contributed by atoms with Gasteiger partial charge in [0, 0.05) is 17.6 Å². The molecule has 1 aromatic carbocycles. The van der Waals surface area contributed by atoms with E-state index in [2.05, 4.69) is 4.98 Å². The average Bonchev–Trinajstić information content (AvgIpc) is 2.72. The fraction of sp³-hybridized carbons (Fsp3) is 0. The van der Waals surface area contributed by atoms with Gasteiger partial charge in [0.2, 0.25) is 0 Å². The minimum Gasteiger partial charge on any atom is -0.425 e. The Morgan fingerprint density at radius 1 is 1.06 bits per heavy atom. The van der Waals surface area contributed by atoms with Crippen LogP contribution in [-0.4, -0.2) is 4.98 Å². The molecular weight excluding hydrogens is 202 g/mol. The smallest absolute Gasteiger partial charge is 0.291 e. The van der Waals surface area contributed by atoms with Crippen molar-refractivity contribution in [3.05, 3.63) is 54.9 Å². The van der Waals surface area contributed by atoms with Gasteiger partial charge >= 0.3 is 0 Å². The minimum absolute atomic E-state index is 0.481. The van der Waals surface area contributed by atoms with Crippen molar-refractivity contribution < 1.29 is 9.15 Å². The highest BCUT2D eigenvalue weighted by molar-refractivity contribution is 5.78. The Kier molecular flexibility index (Phi) is 2.07. The van der Waals surface area contributed by atoms with Gasteiger partial charge in [-0.1, -0.05) is 18.2 Å². The first-order chi connectivity index (χ1) is 7.92. The van der Waals surface area contributed by atoms with Crippen LogP contribution in [0.25, 0.3) is 11.0 Å². The summed E-state index contributed by atoms with van der Waals surface area (Å²) in [6, 6.07) is 13.3. The van der Waals surface area contributed by atoms with Gasteiger partial charge in [0.1, 0.15) is 11.3 Å². The van der Waals surface area contributed by atoms with E-state index in [4.69, 9.17) is 9.15 Å². The normalized spacial score (nSPS) is 10.5. The van der Waals surface area contributed by atoms with E-state index in [1.54, 1.807) is 12.4 Å². The Labute approximate surface area is 92.3 Å². The van der Waals surface area contributed by atoms with Gasteiger partial charge in [0.25, 0.3) is 5.95 Å². The SMILES string of the molecule is c1cncc(Oc2cc3ccccc3o2)c1. The van der Waals surface area contributed by atoms with E-state index >= 15 is 0 Å². The Morgan fingerprint density at radius 3 is 2.81 bits per heavy atom. The van der Waals surface area contributed by atoms with E-state index in [1.165, 1.54) is 0 Å². The summed E-state index contributed by atoms with van der Waals surface area (Å²) < 4.78 is 11.1. The molecule has 3 aromatic rings. The summed E-state index contributed by atoms with van der Waals surface area (Å²) in [6.45, 7) is 0. The molecule has 16 heavy (non-hydrogen) atoms. The molecule has 0 aliphatic carbocycles. The first-order valence-electron chi connectivity index (χ1n) is 4.98. The molecule has 3 rings (SSSR count). The van der Waals surface area contributed by atoms with Gasteiger partial charge in [-0.05, 0) is 18.2 Å². The van der Waals surface area contributed by atoms with Gasteiger partial charge in [-0.3, -0.25) is 4.98 Å². The number of pyridine rings is 1. The predicted molar refractivity (Wildman–Crippen MR) is 60.5 cm³/mol. The van der Waals surface area contributed by atoms with Gasteiger partial charge in [-0.15, -0.1) is 0 Å². The van der Waals surface area contributed by atoms with E-state index < -0.39 is 0 Å². The molecule has 0 aliphatic rings. The summed E-state index contributed by atoms with van der Waals surface area (Å²) in [5, 5.41) is 1.03. The lowest BCUT2D eigenvalue weighted by Gasteiger charge is -1.98. The second kappa shape index (κ2) is 3.70. The highest BCUT2D eigenvalue weighted by Gasteiger charge is 2.04. The maximum absolute atomic E-state index is 5.53. The zero-order valence-corrected chi connectivity index (χ0v) is 8.46. The molecule has 0 amide bonds. The molecule has 0 saturated carbocycles. The molecule has 2 heterocycles. The first-order valence-corrected chi connectivity index (χ1v) is 4.98. The average molecular weight is 211 g/mol. The van der Waals surface area contributed by atoms with E-state index in [0.717, 1.165) is 11.0 Å². The van der Waals surface area contributed by atoms with Gasteiger partial charge in [0.15, 0.2) is 0 Å². The number of rotatable bonds is 2. The van der Waals surface area contributed by atoms with Crippen molar-refractivity contribution in [3.63, 3.8) is 0 Å². The lowest BCUT2D eigenvalue weighted by atomic mass is 10.3. The second-order valence-electron chi connectivity index (χ2n) is 3.39. The standard InChI is InChI=1S/C13H9NO2/c1-2-6-12-10(4-1)8-13(16-12)15-11-5-3-7-14-9-11/h1-9H. The van der Waals surface area contributed by atoms with Gasteiger partial charge in [0.05, 0.1) is 6.20 Å². The zero-order valence-electron chi connectivity index (χ0n) is 8.46. The largest absolute Gasteiger partial charge is 0.425 e. The number of aromatic nitrogens is 1. The Hall–Kier alpha value is -2.29. The third-order valence-electron chi connectivity index (χ3n) is 2.26. The van der Waals surface area contributed by atoms with Crippen LogP contribution in [0.2, 0.25) is 0 Å². The highest BCUT2D eigenvalue weighted by atomic mass is 16.6. The number of para-hydroxylation sites is 1. The fourth-order valence-corrected chi connectivity index (χ4v) is 1.53. The van der Waals surface area contributed by atoms with E-state index in [-0.39, 0.29) is 0 Å². The molecule has 2 aromatic heterocycles. The van der Waals surface area contributed by atoms with E-state index in [1.807, 2.05) is 42.5 Å². The van der Waals surface area contributed by atoms with Crippen molar-refractivity contribution in [3.8, 4) is 11.7 Å². The first kappa shape index (κ1) is 8.97. The molecule has 0 unspecified atom stereocenters. The van der Waals surface area contributed by atoms with Crippen LogP contribution in [0.5, 0.6) is 11.7 Å². The Bertz CT molecular complexity index is 568. The van der Waals surface area contributed by atoms with Crippen LogP contribution < -0.4 is 4.74 Å². The van der Waals surface area contributed by atoms with Gasteiger partial charge < -0.3 is 9.15 Å². The highest BCUT2D eigenvalue weighted by Crippen LogP contribution is 2.28. The van der Waals surface area contributed by atoms with Crippen LogP contribution in [0.1, 0.15) is 0 Å². The fourth-order valence-electron chi connectivity index (χ4n) is 1.53. The lowest BCUT2D eigenvalue weighted by Crippen LogP contribution is -1.81. The second-order valence-corrected chi connectivity index (χ2v) is 3.39. The summed E-state index contributed by atoms with van der Waals surface area (Å²) in [6.07, 6.45) is 3.35. The van der Waals surface area contributed by atoms with E-state index in [0.29, 0.717) is 11.7 Å². The monoisotopic (exact) mass is 211 g/mol. The number of benzene rings is 1. The number of furan rings is 1. The lowest BCUT2D eigenvalue weighted by molar-refractivity contribution is 0.359. The maximum atomic E-state index is 5.53. The van der Waals surface area contributed by atoms with Crippen LogP contribution >= 0.6 is 0 Å². The third kappa shape index (κ3) is 1.63. The van der Waals surface area contributed by atoms with Gasteiger partial charge in [-0.25, -0.2) is 0 Å². The summed E-state index contributed by atoms with van der Waals surface area (Å²) in [4.78, 5) is 3.97. The minimum atomic E-state index is 0.481. The van der Waals surface area contributed by atoms with Crippen molar-refractivity contribution >= 4 is 11.0 Å². The summed E-state index contributed by atoms with van der Waals surface area (Å²) >= 11 is 0. The molecule has 0 atom stereocenters. The van der Waals surface area contributed by atoms with Gasteiger partial charge in [-0.2, -0.15) is 0 Å². The number of hydrogen-bond donors (Lipinski definition) is 0. The van der Waals surface area contributed by atoms with Crippen molar-refractivity contribution in [2.45, 2.75) is 0 Å². The molecule has 3 heteroatoms. The van der Waals surface area contributed by atoms with Crippen molar-refractivity contribution in [1.29, 1.82) is 0 Å². The number of fused-ring (bicyclic) bond motifs is 1. The number of nitrogens with zero attached hydrogens (tertiary/aromatic N) is 1.